The van der Waals surface area contributed by atoms with Gasteiger partial charge >= 0.3 is 0 Å². The van der Waals surface area contributed by atoms with Crippen molar-refractivity contribution in [1.29, 1.82) is 0 Å². The van der Waals surface area contributed by atoms with Crippen molar-refractivity contribution in [3.05, 3.63) is 79.1 Å². The van der Waals surface area contributed by atoms with E-state index in [2.05, 4.69) is 9.98 Å². The molecule has 6 nitrogen and oxygen atoms in total. The minimum atomic E-state index is -0.743. The van der Waals surface area contributed by atoms with E-state index in [1.807, 2.05) is 30.3 Å². The fourth-order valence-corrected chi connectivity index (χ4v) is 4.15. The molecule has 1 atom stereocenters. The molecule has 1 unspecified atom stereocenters. The normalized spacial score (nSPS) is 13.8. The largest absolute Gasteiger partial charge is 0.493 e. The Bertz CT molecular complexity index is 1380. The van der Waals surface area contributed by atoms with E-state index in [0.717, 1.165) is 5.56 Å². The number of Topliss-reactive ketones (excluding diaryl/α,β-unsaturated/α-hetero) is 1. The number of aromatic hydroxyl groups is 1. The summed E-state index contributed by atoms with van der Waals surface area (Å²) in [6, 6.07) is 11.7. The van der Waals surface area contributed by atoms with E-state index in [1.54, 1.807) is 0 Å². The number of H-pyrrole nitrogens is 1. The van der Waals surface area contributed by atoms with Crippen molar-refractivity contribution >= 4 is 52.7 Å². The first-order chi connectivity index (χ1) is 14.3. The number of rotatable bonds is 5. The highest BCUT2D eigenvalue weighted by Crippen LogP contribution is 2.30. The number of amides is 1. The third-order valence-electron chi connectivity index (χ3n) is 4.95. The molecule has 0 spiro atoms. The SMILES string of the molecule is CC(=O)C(Cc1ccccc1)n1c(O)c(C2=c3cc(Cl)c(Cl)cc3=NC2=O)[nH]c1=S. The zero-order chi connectivity index (χ0) is 21.6. The van der Waals surface area contributed by atoms with E-state index in [1.165, 1.54) is 23.6 Å². The zero-order valence-corrected chi connectivity index (χ0v) is 18.0. The number of carbonyl (C=O) groups excluding carboxylic acids is 2. The average molecular weight is 460 g/mol. The monoisotopic (exact) mass is 459 g/mol. The molecule has 1 amide bonds. The minimum Gasteiger partial charge on any atom is -0.493 e. The van der Waals surface area contributed by atoms with Crippen LogP contribution in [0.25, 0.3) is 5.57 Å². The fraction of sp³-hybridized carbons (Fsp3) is 0.143. The van der Waals surface area contributed by atoms with Crippen LogP contribution in [0.15, 0.2) is 47.5 Å². The molecule has 0 saturated heterocycles. The predicted octanol–water partition coefficient (Wildman–Crippen LogP) is 3.29. The number of carbonyl (C=O) groups is 2. The number of fused-ring (bicyclic) bond motifs is 1. The van der Waals surface area contributed by atoms with Gasteiger partial charge in [-0.25, -0.2) is 4.99 Å². The Balaban J connectivity index is 1.89. The molecule has 0 saturated carbocycles. The highest BCUT2D eigenvalue weighted by molar-refractivity contribution is 7.71. The Kier molecular flexibility index (Phi) is 5.36. The van der Waals surface area contributed by atoms with Gasteiger partial charge in [0.2, 0.25) is 5.88 Å². The van der Waals surface area contributed by atoms with Crippen LogP contribution in [0.4, 0.5) is 0 Å². The highest BCUT2D eigenvalue weighted by Gasteiger charge is 2.29. The summed E-state index contributed by atoms with van der Waals surface area (Å²) in [4.78, 5) is 31.8. The van der Waals surface area contributed by atoms with E-state index >= 15 is 0 Å². The summed E-state index contributed by atoms with van der Waals surface area (Å²) in [5.41, 5.74) is 1.12. The molecule has 152 valence electrons. The molecule has 30 heavy (non-hydrogen) atoms. The van der Waals surface area contributed by atoms with Crippen molar-refractivity contribution in [3.8, 4) is 5.88 Å². The maximum Gasteiger partial charge on any atom is 0.280 e. The molecule has 1 aliphatic heterocycles. The highest BCUT2D eigenvalue weighted by atomic mass is 35.5. The number of aromatic amines is 1. The summed E-state index contributed by atoms with van der Waals surface area (Å²) < 4.78 is 1.45. The van der Waals surface area contributed by atoms with Crippen LogP contribution in [-0.4, -0.2) is 26.3 Å². The zero-order valence-electron chi connectivity index (χ0n) is 15.6. The maximum atomic E-state index is 12.6. The molecule has 2 N–H and O–H groups in total. The summed E-state index contributed by atoms with van der Waals surface area (Å²) in [5, 5.41) is 12.3. The van der Waals surface area contributed by atoms with Gasteiger partial charge in [-0.1, -0.05) is 53.5 Å². The van der Waals surface area contributed by atoms with Crippen molar-refractivity contribution in [2.45, 2.75) is 19.4 Å². The lowest BCUT2D eigenvalue weighted by Crippen LogP contribution is -2.23. The van der Waals surface area contributed by atoms with Gasteiger partial charge in [-0.3, -0.25) is 14.2 Å². The molecular formula is C21H15Cl2N3O3S. The minimum absolute atomic E-state index is 0.0881. The van der Waals surface area contributed by atoms with Gasteiger partial charge in [0.25, 0.3) is 5.91 Å². The summed E-state index contributed by atoms with van der Waals surface area (Å²) in [6.07, 6.45) is 0.334. The van der Waals surface area contributed by atoms with Gasteiger partial charge in [-0.2, -0.15) is 0 Å². The number of benzene rings is 2. The number of aromatic nitrogens is 2. The summed E-state index contributed by atoms with van der Waals surface area (Å²) >= 11 is 17.5. The summed E-state index contributed by atoms with van der Waals surface area (Å²) in [7, 11) is 0. The predicted molar refractivity (Wildman–Crippen MR) is 116 cm³/mol. The summed E-state index contributed by atoms with van der Waals surface area (Å²) in [6.45, 7) is 1.43. The Labute approximate surface area is 186 Å². The molecule has 1 aromatic heterocycles. The van der Waals surface area contributed by atoms with Crippen LogP contribution < -0.4 is 10.6 Å². The number of halogens is 2. The van der Waals surface area contributed by atoms with Gasteiger partial charge in [0.05, 0.1) is 21.0 Å². The van der Waals surface area contributed by atoms with Gasteiger partial charge in [0.1, 0.15) is 11.7 Å². The van der Waals surface area contributed by atoms with Crippen LogP contribution in [0.3, 0.4) is 0 Å². The lowest BCUT2D eigenvalue weighted by atomic mass is 10.0. The molecule has 0 radical (unpaired) electrons. The van der Waals surface area contributed by atoms with E-state index in [4.69, 9.17) is 35.4 Å². The second kappa shape index (κ2) is 7.83. The van der Waals surface area contributed by atoms with E-state index < -0.39 is 11.9 Å². The first kappa shape index (κ1) is 20.5. The van der Waals surface area contributed by atoms with E-state index in [9.17, 15) is 14.7 Å². The van der Waals surface area contributed by atoms with Crippen molar-refractivity contribution in [2.24, 2.45) is 4.99 Å². The molecule has 0 bridgehead atoms. The Hall–Kier alpha value is -2.74. The standard InChI is InChI=1S/C21H15Cl2N3O3S/c1-10(27)16(7-11-5-3-2-4-6-11)26-20(29)18(25-21(26)30)17-12-8-13(22)14(23)9-15(12)24-19(17)28/h2-6,8-9,16,29H,7H2,1H3,(H,25,30). The van der Waals surface area contributed by atoms with Crippen molar-refractivity contribution in [1.82, 2.24) is 9.55 Å². The van der Waals surface area contributed by atoms with Crippen LogP contribution in [0.5, 0.6) is 5.88 Å². The molecule has 3 aromatic rings. The second-order valence-electron chi connectivity index (χ2n) is 6.89. The Morgan fingerprint density at radius 1 is 1.23 bits per heavy atom. The second-order valence-corrected chi connectivity index (χ2v) is 8.09. The number of hydrogen-bond donors (Lipinski definition) is 2. The van der Waals surface area contributed by atoms with Gasteiger partial charge in [0, 0.05) is 11.6 Å². The number of nitrogens with zero attached hydrogens (tertiary/aromatic N) is 2. The molecule has 0 aliphatic carbocycles. The van der Waals surface area contributed by atoms with Gasteiger partial charge in [-0.15, -0.1) is 0 Å². The topological polar surface area (TPSA) is 87.4 Å². The van der Waals surface area contributed by atoms with Gasteiger partial charge < -0.3 is 10.1 Å². The van der Waals surface area contributed by atoms with E-state index in [0.29, 0.717) is 17.0 Å². The molecule has 2 aromatic carbocycles. The lowest BCUT2D eigenvalue weighted by Gasteiger charge is -2.16. The first-order valence-corrected chi connectivity index (χ1v) is 10.1. The van der Waals surface area contributed by atoms with Crippen LogP contribution in [0.2, 0.25) is 10.0 Å². The summed E-state index contributed by atoms with van der Waals surface area (Å²) in [5.74, 6) is -1.06. The molecule has 4 rings (SSSR count). The Morgan fingerprint density at radius 2 is 1.90 bits per heavy atom. The maximum absolute atomic E-state index is 12.6. The number of nitrogens with one attached hydrogen (secondary N) is 1. The molecular weight excluding hydrogens is 445 g/mol. The molecule has 1 aliphatic rings. The third kappa shape index (κ3) is 3.49. The molecule has 0 fully saturated rings. The number of hydrogen-bond acceptors (Lipinski definition) is 4. The van der Waals surface area contributed by atoms with Crippen LogP contribution in [-0.2, 0) is 16.0 Å². The third-order valence-corrected chi connectivity index (χ3v) is 5.97. The van der Waals surface area contributed by atoms with Crippen LogP contribution >= 0.6 is 35.4 Å². The van der Waals surface area contributed by atoms with Crippen LogP contribution in [0.1, 0.15) is 24.2 Å². The molecule has 9 heteroatoms. The van der Waals surface area contributed by atoms with Crippen molar-refractivity contribution < 1.29 is 14.7 Å². The Morgan fingerprint density at radius 3 is 2.57 bits per heavy atom. The van der Waals surface area contributed by atoms with E-state index in [-0.39, 0.29) is 37.7 Å². The van der Waals surface area contributed by atoms with Crippen molar-refractivity contribution in [3.63, 3.8) is 0 Å². The smallest absolute Gasteiger partial charge is 0.280 e. The van der Waals surface area contributed by atoms with Gasteiger partial charge in [-0.05, 0) is 36.8 Å². The molecule has 2 heterocycles. The van der Waals surface area contributed by atoms with Crippen molar-refractivity contribution in [2.75, 3.05) is 0 Å². The fourth-order valence-electron chi connectivity index (χ4n) is 3.51. The lowest BCUT2D eigenvalue weighted by molar-refractivity contribution is -0.120. The quantitative estimate of drug-likeness (QED) is 0.573. The number of ketones is 1. The number of imidazole rings is 1. The first-order valence-electron chi connectivity index (χ1n) is 8.98. The van der Waals surface area contributed by atoms with Gasteiger partial charge in [0.15, 0.2) is 10.6 Å². The van der Waals surface area contributed by atoms with Crippen LogP contribution in [0, 0.1) is 4.77 Å². The average Bonchev–Trinajstić information content (AvgIpc) is 3.15.